The van der Waals surface area contributed by atoms with E-state index in [1.54, 1.807) is 0 Å². The Morgan fingerprint density at radius 1 is 0.393 bits per heavy atom. The van der Waals surface area contributed by atoms with Crippen LogP contribution in [0.3, 0.4) is 0 Å². The first-order chi connectivity index (χ1) is 31.9. The van der Waals surface area contributed by atoms with Crippen molar-refractivity contribution in [3.05, 3.63) is 218 Å². The quantitative estimate of drug-likeness (QED) is 0.115. The predicted molar refractivity (Wildman–Crippen MR) is 234 cm³/mol. The Labute approximate surface area is 341 Å². The van der Waals surface area contributed by atoms with Crippen LogP contribution in [-0.4, -0.2) is 27.6 Å². The van der Waals surface area contributed by atoms with Gasteiger partial charge in [0.1, 0.15) is 0 Å². The third-order valence-electron chi connectivity index (χ3n) is 10.2. The standard InChI is InChI=1S/C51H36N4Si/c1-6-21-37(22-7-1)49-52-50(38-23-8-2-9-24-38)54-51(53-49)48-46(55-44-33-18-16-31-42(44)43-32-17-19-34-45(43)55)35-20-36-47(48)56(39-25-10-3-11-26-39,40-27-12-4-13-28-40)41-29-14-5-15-30-41/h1-36H/i1D,2D,6D,7D,8D,9D,21D,22D,23D,24D. The topological polar surface area (TPSA) is 43.6 Å². The predicted octanol–water partition coefficient (Wildman–Crippen LogP) is 9.35. The summed E-state index contributed by atoms with van der Waals surface area (Å²) >= 11 is 0. The molecule has 4 nitrogen and oxygen atoms in total. The molecule has 0 spiro atoms. The molecular weight excluding hydrogens is 697 g/mol. The van der Waals surface area contributed by atoms with Crippen molar-refractivity contribution < 1.29 is 13.7 Å². The maximum atomic E-state index is 9.09. The number of benzene rings is 8. The maximum absolute atomic E-state index is 9.09. The van der Waals surface area contributed by atoms with Gasteiger partial charge in [-0.15, -0.1) is 0 Å². The number of hydrogen-bond acceptors (Lipinski definition) is 3. The largest absolute Gasteiger partial charge is 0.309 e. The van der Waals surface area contributed by atoms with Crippen LogP contribution in [0.15, 0.2) is 218 Å². The minimum atomic E-state index is -3.53. The molecule has 0 aliphatic carbocycles. The van der Waals surface area contributed by atoms with Gasteiger partial charge in [-0.1, -0.05) is 200 Å². The highest BCUT2D eigenvalue weighted by molar-refractivity contribution is 7.20. The molecule has 10 rings (SSSR count). The average molecular weight is 743 g/mol. The van der Waals surface area contributed by atoms with E-state index in [1.165, 1.54) is 0 Å². The van der Waals surface area contributed by atoms with Crippen molar-refractivity contribution in [3.63, 3.8) is 0 Å². The van der Waals surface area contributed by atoms with E-state index >= 15 is 0 Å². The van der Waals surface area contributed by atoms with Gasteiger partial charge < -0.3 is 4.57 Å². The van der Waals surface area contributed by atoms with Gasteiger partial charge in [0.05, 0.1) is 30.4 Å². The molecule has 5 heteroatoms. The van der Waals surface area contributed by atoms with Gasteiger partial charge in [-0.05, 0) is 38.9 Å². The van der Waals surface area contributed by atoms with Crippen LogP contribution in [0.4, 0.5) is 0 Å². The van der Waals surface area contributed by atoms with Crippen LogP contribution in [0, 0.1) is 0 Å². The van der Waals surface area contributed by atoms with Gasteiger partial charge in [0.15, 0.2) is 25.5 Å². The highest BCUT2D eigenvalue weighted by Crippen LogP contribution is 2.36. The number of aromatic nitrogens is 4. The number of para-hydroxylation sites is 2. The third-order valence-corrected chi connectivity index (χ3v) is 15.0. The molecule has 0 saturated carbocycles. The lowest BCUT2D eigenvalue weighted by Crippen LogP contribution is -2.75. The molecule has 56 heavy (non-hydrogen) atoms. The molecule has 0 N–H and O–H groups in total. The lowest BCUT2D eigenvalue weighted by Gasteiger charge is -2.36. The van der Waals surface area contributed by atoms with Crippen LogP contribution in [0.1, 0.15) is 13.7 Å². The van der Waals surface area contributed by atoms with Crippen molar-refractivity contribution in [2.24, 2.45) is 0 Å². The zero-order valence-corrected chi connectivity index (χ0v) is 30.8. The number of hydrogen-bond donors (Lipinski definition) is 0. The Hall–Kier alpha value is -7.21. The molecule has 0 aliphatic heterocycles. The van der Waals surface area contributed by atoms with Crippen LogP contribution >= 0.6 is 0 Å². The Bertz CT molecular complexity index is 3260. The van der Waals surface area contributed by atoms with Crippen molar-refractivity contribution in [3.8, 4) is 39.9 Å². The normalized spacial score (nSPS) is 14.1. The second-order valence-electron chi connectivity index (χ2n) is 13.2. The van der Waals surface area contributed by atoms with Crippen molar-refractivity contribution in [2.45, 2.75) is 0 Å². The number of rotatable bonds is 8. The van der Waals surface area contributed by atoms with Gasteiger partial charge in [-0.25, -0.2) is 15.0 Å². The summed E-state index contributed by atoms with van der Waals surface area (Å²) in [5.74, 6) is -0.692. The Kier molecular flexibility index (Phi) is 6.15. The smallest absolute Gasteiger partial charge is 0.180 e. The van der Waals surface area contributed by atoms with Crippen molar-refractivity contribution in [1.29, 1.82) is 0 Å². The fourth-order valence-corrected chi connectivity index (χ4v) is 12.9. The first-order valence-electron chi connectivity index (χ1n) is 23.1. The second-order valence-corrected chi connectivity index (χ2v) is 17.0. The Morgan fingerprint density at radius 3 is 1.27 bits per heavy atom. The third kappa shape index (κ3) is 5.56. The maximum Gasteiger partial charge on any atom is 0.180 e. The van der Waals surface area contributed by atoms with Crippen molar-refractivity contribution in [1.82, 2.24) is 19.5 Å². The van der Waals surface area contributed by atoms with E-state index in [4.69, 9.17) is 23.7 Å². The fourth-order valence-electron chi connectivity index (χ4n) is 7.92. The SMILES string of the molecule is [2H]c1c([2H])c([2H])c(-c2nc(-c3c(-n4c5ccccc5c5ccccc54)cccc3[Si](c3ccccc3)(c3ccccc3)c3ccccc3)nc(-c3c([2H])c([2H])c([2H])c([2H])c3[2H])n2)c([2H])c1[2H]. The van der Waals surface area contributed by atoms with E-state index in [9.17, 15) is 0 Å². The lowest BCUT2D eigenvalue weighted by molar-refractivity contribution is 1.07. The first kappa shape index (κ1) is 24.2. The Morgan fingerprint density at radius 2 is 0.804 bits per heavy atom. The molecule has 10 aromatic rings. The Balaban J connectivity index is 1.46. The molecule has 0 aliphatic rings. The molecule has 0 amide bonds. The van der Waals surface area contributed by atoms with Crippen LogP contribution in [-0.2, 0) is 0 Å². The van der Waals surface area contributed by atoms with Gasteiger partial charge >= 0.3 is 0 Å². The summed E-state index contributed by atoms with van der Waals surface area (Å²) < 4.78 is 89.9. The molecule has 0 unspecified atom stereocenters. The first-order valence-corrected chi connectivity index (χ1v) is 20.1. The summed E-state index contributed by atoms with van der Waals surface area (Å²) in [7, 11) is -3.53. The van der Waals surface area contributed by atoms with E-state index in [0.29, 0.717) is 11.3 Å². The minimum absolute atomic E-state index is 0.0132. The monoisotopic (exact) mass is 742 g/mol. The lowest BCUT2D eigenvalue weighted by atomic mass is 10.1. The van der Waals surface area contributed by atoms with Crippen molar-refractivity contribution >= 4 is 50.6 Å². The summed E-state index contributed by atoms with van der Waals surface area (Å²) in [6.07, 6.45) is 0. The average Bonchev–Trinajstić information content (AvgIpc) is 3.69. The van der Waals surface area contributed by atoms with Crippen LogP contribution in [0.5, 0.6) is 0 Å². The number of nitrogens with zero attached hydrogens (tertiary/aromatic N) is 4. The van der Waals surface area contributed by atoms with Gasteiger partial charge in [0, 0.05) is 27.5 Å². The molecule has 0 atom stereocenters. The van der Waals surface area contributed by atoms with E-state index in [1.807, 2.05) is 103 Å². The molecule has 0 radical (unpaired) electrons. The fraction of sp³-hybridized carbons (Fsp3) is 0. The molecule has 0 fully saturated rings. The van der Waals surface area contributed by atoms with Gasteiger partial charge in [0.25, 0.3) is 0 Å². The van der Waals surface area contributed by atoms with Crippen LogP contribution < -0.4 is 20.7 Å². The van der Waals surface area contributed by atoms with Crippen LogP contribution in [0.2, 0.25) is 0 Å². The van der Waals surface area contributed by atoms with Gasteiger partial charge in [-0.2, -0.15) is 0 Å². The zero-order chi connectivity index (χ0) is 46.0. The summed E-state index contributed by atoms with van der Waals surface area (Å²) in [6.45, 7) is 0. The summed E-state index contributed by atoms with van der Waals surface area (Å²) in [5, 5.41) is 5.85. The van der Waals surface area contributed by atoms with Gasteiger partial charge in [-0.3, -0.25) is 0 Å². The van der Waals surface area contributed by atoms with E-state index in [2.05, 4.69) is 64.1 Å². The molecule has 0 saturated heterocycles. The second kappa shape index (κ2) is 14.2. The zero-order valence-electron chi connectivity index (χ0n) is 39.8. The molecule has 2 aromatic heterocycles. The molecule has 2 heterocycles. The molecule has 0 bridgehead atoms. The van der Waals surface area contributed by atoms with Crippen LogP contribution in [0.25, 0.3) is 61.7 Å². The summed E-state index contributed by atoms with van der Waals surface area (Å²) in [4.78, 5) is 14.9. The highest BCUT2D eigenvalue weighted by Gasteiger charge is 2.44. The molecular formula is C51H36N4Si. The summed E-state index contributed by atoms with van der Waals surface area (Å²) in [5.41, 5.74) is 2.19. The minimum Gasteiger partial charge on any atom is -0.309 e. The van der Waals surface area contributed by atoms with E-state index in [0.717, 1.165) is 42.6 Å². The molecule has 264 valence electrons. The highest BCUT2D eigenvalue weighted by atomic mass is 28.3. The van der Waals surface area contributed by atoms with Crippen molar-refractivity contribution in [2.75, 3.05) is 0 Å². The van der Waals surface area contributed by atoms with Gasteiger partial charge in [0.2, 0.25) is 0 Å². The van der Waals surface area contributed by atoms with E-state index in [-0.39, 0.29) is 28.6 Å². The molecule has 8 aromatic carbocycles. The summed E-state index contributed by atoms with van der Waals surface area (Å²) in [6, 6.07) is 46.8. The number of fused-ring (bicyclic) bond motifs is 3. The van der Waals surface area contributed by atoms with E-state index < -0.39 is 68.5 Å².